The van der Waals surface area contributed by atoms with Gasteiger partial charge in [0.2, 0.25) is 6.10 Å². The van der Waals surface area contributed by atoms with Gasteiger partial charge in [0, 0.05) is 0 Å². The summed E-state index contributed by atoms with van der Waals surface area (Å²) in [6.07, 6.45) is -15.9. The molecule has 2 aliphatic rings. The Bertz CT molecular complexity index is 576. The van der Waals surface area contributed by atoms with E-state index in [9.17, 15) is 35.2 Å². The van der Waals surface area contributed by atoms with E-state index in [1.807, 2.05) is 4.47 Å². The first-order valence-electron chi connectivity index (χ1n) is 8.44. The number of ether oxygens (including phenoxy) is 3. The van der Waals surface area contributed by atoms with Crippen molar-refractivity contribution in [3.05, 3.63) is 0 Å². The molecule has 0 bridgehead atoms. The van der Waals surface area contributed by atoms with Crippen LogP contribution in [0.15, 0.2) is 0 Å². The van der Waals surface area contributed by atoms with Gasteiger partial charge in [-0.3, -0.25) is 4.52 Å². The van der Waals surface area contributed by atoms with E-state index in [4.69, 9.17) is 29.9 Å². The van der Waals surface area contributed by atoms with Crippen molar-refractivity contribution < 1.29 is 68.2 Å². The minimum Gasteiger partial charge on any atom is -0.394 e. The summed E-state index contributed by atoms with van der Waals surface area (Å²) in [6.45, 7) is -1.53. The van der Waals surface area contributed by atoms with Crippen molar-refractivity contribution in [1.82, 2.24) is 0 Å². The SMILES string of the molecule is C[O+](N)[C@@H]1[C@@H](O)[C@@H](O[C@H]2O[C@H](COP(=O)(O)O)[C@@H](O)[C@H](O)[C@H]2O)O[C@H](CO)[C@H]1O. The monoisotopic (exact) mass is 452 g/mol. The van der Waals surface area contributed by atoms with Gasteiger partial charge in [-0.1, -0.05) is 0 Å². The highest BCUT2D eigenvalue weighted by atomic mass is 31.2. The van der Waals surface area contributed by atoms with Crippen LogP contribution in [0.2, 0.25) is 0 Å². The Morgan fingerprint density at radius 2 is 1.48 bits per heavy atom. The van der Waals surface area contributed by atoms with Crippen LogP contribution in [0, 0.1) is 0 Å². The van der Waals surface area contributed by atoms with Crippen molar-refractivity contribution in [2.24, 2.45) is 5.90 Å². The van der Waals surface area contributed by atoms with Gasteiger partial charge in [-0.15, -0.1) is 5.90 Å². The van der Waals surface area contributed by atoms with Gasteiger partial charge >= 0.3 is 7.82 Å². The second-order valence-electron chi connectivity index (χ2n) is 6.72. The molecule has 15 nitrogen and oxygen atoms in total. The average Bonchev–Trinajstić information content (AvgIpc) is 2.62. The summed E-state index contributed by atoms with van der Waals surface area (Å²) in [6, 6.07) is 0. The van der Waals surface area contributed by atoms with E-state index in [-0.39, 0.29) is 0 Å². The normalized spacial score (nSPS) is 44.2. The first-order valence-corrected chi connectivity index (χ1v) is 9.97. The van der Waals surface area contributed by atoms with E-state index in [1.165, 1.54) is 7.11 Å². The highest BCUT2D eigenvalue weighted by Gasteiger charge is 2.54. The lowest BCUT2D eigenvalue weighted by atomic mass is 9.98. The van der Waals surface area contributed by atoms with E-state index in [2.05, 4.69) is 4.52 Å². The average molecular weight is 452 g/mol. The van der Waals surface area contributed by atoms with Crippen LogP contribution in [0.4, 0.5) is 0 Å². The molecule has 172 valence electrons. The van der Waals surface area contributed by atoms with Gasteiger partial charge in [0.1, 0.15) is 30.5 Å². The Morgan fingerprint density at radius 1 is 0.931 bits per heavy atom. The maximum atomic E-state index is 10.8. The lowest BCUT2D eigenvalue weighted by Gasteiger charge is -2.44. The smallest absolute Gasteiger partial charge is 0.394 e. The van der Waals surface area contributed by atoms with Crippen LogP contribution in [0.5, 0.6) is 0 Å². The van der Waals surface area contributed by atoms with Crippen LogP contribution in [0.3, 0.4) is 0 Å². The van der Waals surface area contributed by atoms with Crippen LogP contribution < -0.4 is 5.90 Å². The van der Waals surface area contributed by atoms with Crippen LogP contribution in [-0.2, 0) is 27.8 Å². The Morgan fingerprint density at radius 3 is 2.00 bits per heavy atom. The predicted molar refractivity (Wildman–Crippen MR) is 88.5 cm³/mol. The van der Waals surface area contributed by atoms with Gasteiger partial charge in [-0.2, -0.15) is 0 Å². The zero-order valence-corrected chi connectivity index (χ0v) is 16.1. The quantitative estimate of drug-likeness (QED) is 0.0996. The molecule has 0 aromatic rings. The van der Waals surface area contributed by atoms with Crippen LogP contribution in [0.25, 0.3) is 0 Å². The number of aliphatic hydroxyl groups is 6. The Kier molecular flexibility index (Phi) is 8.48. The number of hydrogen-bond acceptors (Lipinski definition) is 12. The van der Waals surface area contributed by atoms with E-state index >= 15 is 0 Å². The summed E-state index contributed by atoms with van der Waals surface area (Å²) in [5.74, 6) is 5.52. The molecule has 10 N–H and O–H groups in total. The van der Waals surface area contributed by atoms with Crippen molar-refractivity contribution in [3.63, 3.8) is 0 Å². The zero-order valence-electron chi connectivity index (χ0n) is 15.2. The summed E-state index contributed by atoms with van der Waals surface area (Å²) in [7, 11) is -3.66. The first kappa shape index (κ1) is 24.9. The highest BCUT2D eigenvalue weighted by Crippen LogP contribution is 2.37. The molecule has 0 aromatic carbocycles. The summed E-state index contributed by atoms with van der Waals surface area (Å²) in [5, 5.41) is 59.8. The minimum absolute atomic E-state index is 0.674. The molecular weight excluding hydrogens is 425 g/mol. The van der Waals surface area contributed by atoms with Gasteiger partial charge in [0.25, 0.3) is 0 Å². The molecule has 16 heteroatoms. The minimum atomic E-state index is -4.92. The second-order valence-corrected chi connectivity index (χ2v) is 7.96. The topological polar surface area (TPSA) is 245 Å². The summed E-state index contributed by atoms with van der Waals surface area (Å²) in [5.41, 5.74) is 0. The standard InChI is InChI=1S/C13H26NO14P/c1-28(14)11-7(17)4(2-15)25-13(10(11)20)27-12-9(19)8(18)6(16)5(26-12)3-24-29(21,22)23/h4-13,15-20H,2-3,14H2,1H3,(H-,21,22,23)/p+1/t4-,5-,6-,7-,8+,9-,10-,11+,12-,13-/m1/s1. The Balaban J connectivity index is 2.13. The number of aliphatic hydroxyl groups excluding tert-OH is 6. The van der Waals surface area contributed by atoms with Crippen molar-refractivity contribution in [3.8, 4) is 0 Å². The van der Waals surface area contributed by atoms with Crippen molar-refractivity contribution in [2.45, 2.75) is 61.4 Å². The zero-order chi connectivity index (χ0) is 22.1. The maximum Gasteiger partial charge on any atom is 0.469 e. The van der Waals surface area contributed by atoms with Crippen LogP contribution >= 0.6 is 7.82 Å². The van der Waals surface area contributed by atoms with E-state index < -0.39 is 82.4 Å². The van der Waals surface area contributed by atoms with Crippen LogP contribution in [0.1, 0.15) is 0 Å². The fraction of sp³-hybridized carbons (Fsp3) is 1.00. The predicted octanol–water partition coefficient (Wildman–Crippen LogP) is -5.22. The van der Waals surface area contributed by atoms with E-state index in [1.54, 1.807) is 0 Å². The third-order valence-electron chi connectivity index (χ3n) is 4.59. The largest absolute Gasteiger partial charge is 0.469 e. The molecular formula is C13H27NO14P+. The molecule has 2 heterocycles. The summed E-state index contributed by atoms with van der Waals surface area (Å²) in [4.78, 5) is 17.5. The molecule has 0 radical (unpaired) electrons. The molecule has 2 aliphatic heterocycles. The molecule has 10 atom stereocenters. The first-order chi connectivity index (χ1) is 13.4. The van der Waals surface area contributed by atoms with Crippen molar-refractivity contribution in [2.75, 3.05) is 20.3 Å². The lowest BCUT2D eigenvalue weighted by molar-refractivity contribution is -0.392. The third-order valence-corrected chi connectivity index (χ3v) is 5.08. The Hall–Kier alpha value is -0.330. The van der Waals surface area contributed by atoms with Gasteiger partial charge in [0.15, 0.2) is 31.9 Å². The molecule has 0 spiro atoms. The number of phosphoric acid groups is 1. The van der Waals surface area contributed by atoms with E-state index in [0.29, 0.717) is 0 Å². The number of nitrogens with two attached hydrogens (primary N) is 1. The molecule has 0 amide bonds. The summed E-state index contributed by atoms with van der Waals surface area (Å²) >= 11 is 0. The third kappa shape index (κ3) is 5.88. The van der Waals surface area contributed by atoms with E-state index in [0.717, 1.165) is 0 Å². The second kappa shape index (κ2) is 9.86. The van der Waals surface area contributed by atoms with Gasteiger partial charge in [0.05, 0.1) is 13.2 Å². The van der Waals surface area contributed by atoms with Crippen LogP contribution in [-0.4, -0.2) is 122 Å². The molecule has 0 aliphatic carbocycles. The maximum absolute atomic E-state index is 10.8. The van der Waals surface area contributed by atoms with Gasteiger partial charge in [-0.25, -0.2) is 4.57 Å². The molecule has 2 rings (SSSR count). The van der Waals surface area contributed by atoms with Crippen molar-refractivity contribution >= 4 is 7.82 Å². The molecule has 29 heavy (non-hydrogen) atoms. The molecule has 2 fully saturated rings. The Labute approximate surface area is 164 Å². The molecule has 0 unspecified atom stereocenters. The highest BCUT2D eigenvalue weighted by molar-refractivity contribution is 7.46. The number of hydrogen-bond donors (Lipinski definition) is 9. The fourth-order valence-electron chi connectivity index (χ4n) is 3.07. The fourth-order valence-corrected chi connectivity index (χ4v) is 3.42. The molecule has 2 saturated heterocycles. The number of rotatable bonds is 7. The summed E-state index contributed by atoms with van der Waals surface area (Å²) < 4.78 is 32.7. The molecule has 0 saturated carbocycles. The molecule has 0 aromatic heterocycles. The van der Waals surface area contributed by atoms with Crippen molar-refractivity contribution in [1.29, 1.82) is 0 Å². The lowest BCUT2D eigenvalue weighted by Crippen LogP contribution is -2.65. The van der Waals surface area contributed by atoms with Gasteiger partial charge < -0.3 is 59.1 Å². The van der Waals surface area contributed by atoms with Gasteiger partial charge in [-0.05, 0) is 0 Å². The number of phosphoric ester groups is 1.